The number of likely N-dealkylation sites (tertiary alicyclic amines) is 1. The van der Waals surface area contributed by atoms with Gasteiger partial charge in [-0.2, -0.15) is 0 Å². The number of piperidine rings is 1. The first-order valence-corrected chi connectivity index (χ1v) is 10.1. The molecule has 0 saturated carbocycles. The van der Waals surface area contributed by atoms with Gasteiger partial charge in [0, 0.05) is 11.6 Å². The van der Waals surface area contributed by atoms with Crippen LogP contribution in [0, 0.1) is 5.92 Å². The normalized spacial score (nSPS) is 19.0. The van der Waals surface area contributed by atoms with Gasteiger partial charge in [0.05, 0.1) is 26.3 Å². The van der Waals surface area contributed by atoms with E-state index in [4.69, 9.17) is 9.47 Å². The lowest BCUT2D eigenvalue weighted by Crippen LogP contribution is -2.44. The van der Waals surface area contributed by atoms with Crippen LogP contribution in [0.3, 0.4) is 0 Å². The number of amides is 1. The number of ether oxygens (including phenoxy) is 2. The van der Waals surface area contributed by atoms with Crippen molar-refractivity contribution in [2.45, 2.75) is 25.7 Å². The van der Waals surface area contributed by atoms with Gasteiger partial charge in [-0.05, 0) is 43.6 Å². The molecule has 5 nitrogen and oxygen atoms in total. The second-order valence-corrected chi connectivity index (χ2v) is 7.52. The zero-order valence-electron chi connectivity index (χ0n) is 16.2. The number of carbonyl (C=O) groups is 1. The maximum atomic E-state index is 13.2. The van der Waals surface area contributed by atoms with Crippen molar-refractivity contribution in [3.05, 3.63) is 66.2 Å². The van der Waals surface area contributed by atoms with Crippen LogP contribution in [0.15, 0.2) is 60.7 Å². The van der Waals surface area contributed by atoms with Crippen molar-refractivity contribution < 1.29 is 14.3 Å². The van der Waals surface area contributed by atoms with Crippen LogP contribution in [0.2, 0.25) is 0 Å². The van der Waals surface area contributed by atoms with Crippen LogP contribution >= 0.6 is 0 Å². The monoisotopic (exact) mass is 380 g/mol. The minimum Gasteiger partial charge on any atom is -0.350 e. The first-order chi connectivity index (χ1) is 13.8. The largest absolute Gasteiger partial charge is 0.350 e. The molecule has 0 aromatic heterocycles. The summed E-state index contributed by atoms with van der Waals surface area (Å²) in [5, 5.41) is 0. The lowest BCUT2D eigenvalue weighted by molar-refractivity contribution is -0.121. The predicted molar refractivity (Wildman–Crippen MR) is 109 cm³/mol. The summed E-state index contributed by atoms with van der Waals surface area (Å²) in [5.41, 5.74) is 2.08. The highest BCUT2D eigenvalue weighted by Crippen LogP contribution is 2.26. The third kappa shape index (κ3) is 4.79. The van der Waals surface area contributed by atoms with Crippen LogP contribution in [-0.4, -0.2) is 49.9 Å². The third-order valence-corrected chi connectivity index (χ3v) is 5.58. The lowest BCUT2D eigenvalue weighted by atomic mass is 9.96. The summed E-state index contributed by atoms with van der Waals surface area (Å²) in [6.07, 6.45) is 1.99. The number of rotatable bonds is 6. The molecule has 2 aliphatic heterocycles. The van der Waals surface area contributed by atoms with Gasteiger partial charge in [-0.25, -0.2) is 0 Å². The fraction of sp³-hybridized carbons (Fsp3) is 0.435. The Labute approximate surface area is 166 Å². The number of hydrogen-bond donors (Lipinski definition) is 0. The van der Waals surface area contributed by atoms with E-state index in [0.29, 0.717) is 32.2 Å². The van der Waals surface area contributed by atoms with Gasteiger partial charge in [0.2, 0.25) is 5.91 Å². The Kier molecular flexibility index (Phi) is 6.37. The van der Waals surface area contributed by atoms with E-state index in [-0.39, 0.29) is 12.2 Å². The molecule has 0 spiro atoms. The Morgan fingerprint density at radius 1 is 0.929 bits per heavy atom. The van der Waals surface area contributed by atoms with Crippen molar-refractivity contribution in [2.24, 2.45) is 5.92 Å². The first-order valence-electron chi connectivity index (χ1n) is 10.1. The van der Waals surface area contributed by atoms with Crippen LogP contribution in [0.1, 0.15) is 18.4 Å². The van der Waals surface area contributed by atoms with E-state index in [9.17, 15) is 4.79 Å². The summed E-state index contributed by atoms with van der Waals surface area (Å²) in [6.45, 7) is 4.26. The molecule has 2 aromatic carbocycles. The maximum Gasteiger partial charge on any atom is 0.241 e. The molecule has 0 bridgehead atoms. The average Bonchev–Trinajstić information content (AvgIpc) is 3.29. The smallest absolute Gasteiger partial charge is 0.241 e. The summed E-state index contributed by atoms with van der Waals surface area (Å²) < 4.78 is 11.3. The van der Waals surface area contributed by atoms with Crippen molar-refractivity contribution in [3.8, 4) is 0 Å². The summed E-state index contributed by atoms with van der Waals surface area (Å²) in [5.74, 6) is 0.588. The molecular weight excluding hydrogens is 352 g/mol. The zero-order chi connectivity index (χ0) is 19.2. The van der Waals surface area contributed by atoms with Crippen LogP contribution < -0.4 is 4.90 Å². The van der Waals surface area contributed by atoms with Gasteiger partial charge in [0.25, 0.3) is 0 Å². The molecule has 4 rings (SSSR count). The van der Waals surface area contributed by atoms with Gasteiger partial charge in [-0.15, -0.1) is 0 Å². The summed E-state index contributed by atoms with van der Waals surface area (Å²) in [4.78, 5) is 17.3. The van der Waals surface area contributed by atoms with Crippen LogP contribution in [0.5, 0.6) is 0 Å². The lowest BCUT2D eigenvalue weighted by Gasteiger charge is -2.34. The van der Waals surface area contributed by atoms with Gasteiger partial charge in [0.1, 0.15) is 0 Å². The number of anilines is 1. The van der Waals surface area contributed by atoms with Crippen molar-refractivity contribution in [1.82, 2.24) is 4.90 Å². The Morgan fingerprint density at radius 2 is 1.54 bits per heavy atom. The molecule has 0 radical (unpaired) electrons. The number of carbonyl (C=O) groups excluding carboxylic acids is 1. The Hall–Kier alpha value is -2.21. The predicted octanol–water partition coefficient (Wildman–Crippen LogP) is 3.30. The minimum atomic E-state index is -0.0447. The summed E-state index contributed by atoms with van der Waals surface area (Å²) >= 11 is 0. The average molecular weight is 380 g/mol. The van der Waals surface area contributed by atoms with E-state index in [1.807, 2.05) is 53.4 Å². The van der Waals surface area contributed by atoms with E-state index >= 15 is 0 Å². The van der Waals surface area contributed by atoms with Crippen molar-refractivity contribution in [1.29, 1.82) is 0 Å². The summed E-state index contributed by atoms with van der Waals surface area (Å²) in [7, 11) is 0. The molecule has 148 valence electrons. The van der Waals surface area contributed by atoms with E-state index in [0.717, 1.165) is 37.2 Å². The fourth-order valence-corrected chi connectivity index (χ4v) is 4.01. The van der Waals surface area contributed by atoms with E-state index in [1.165, 1.54) is 0 Å². The number of benzene rings is 2. The van der Waals surface area contributed by atoms with E-state index < -0.39 is 0 Å². The number of hydrogen-bond acceptors (Lipinski definition) is 4. The highest BCUT2D eigenvalue weighted by atomic mass is 16.7. The Morgan fingerprint density at radius 3 is 2.18 bits per heavy atom. The van der Waals surface area contributed by atoms with Gasteiger partial charge < -0.3 is 14.4 Å². The van der Waals surface area contributed by atoms with Crippen LogP contribution in [-0.2, 0) is 20.8 Å². The minimum absolute atomic E-state index is 0.0447. The van der Waals surface area contributed by atoms with Gasteiger partial charge in [-0.1, -0.05) is 48.5 Å². The third-order valence-electron chi connectivity index (χ3n) is 5.58. The van der Waals surface area contributed by atoms with E-state index in [1.54, 1.807) is 0 Å². The standard InChI is InChI=1S/C23H28N2O3/c26-22(18-24-13-11-20(12-14-24)23-27-15-16-28-23)25(21-9-5-2-6-10-21)17-19-7-3-1-4-8-19/h1-10,20,23H,11-18H2. The molecule has 28 heavy (non-hydrogen) atoms. The molecule has 0 aliphatic carbocycles. The van der Waals surface area contributed by atoms with E-state index in [2.05, 4.69) is 17.0 Å². The molecular formula is C23H28N2O3. The molecule has 2 aliphatic rings. The summed E-state index contributed by atoms with van der Waals surface area (Å²) in [6, 6.07) is 20.1. The fourth-order valence-electron chi connectivity index (χ4n) is 4.01. The quantitative estimate of drug-likeness (QED) is 0.771. The first kappa shape index (κ1) is 19.1. The highest BCUT2D eigenvalue weighted by molar-refractivity contribution is 5.94. The molecule has 5 heteroatoms. The van der Waals surface area contributed by atoms with Gasteiger partial charge in [-0.3, -0.25) is 9.69 Å². The van der Waals surface area contributed by atoms with Crippen molar-refractivity contribution in [2.75, 3.05) is 37.7 Å². The molecule has 2 fully saturated rings. The van der Waals surface area contributed by atoms with Gasteiger partial charge >= 0.3 is 0 Å². The molecule has 2 heterocycles. The van der Waals surface area contributed by atoms with Crippen molar-refractivity contribution >= 4 is 11.6 Å². The molecule has 0 unspecified atom stereocenters. The topological polar surface area (TPSA) is 42.0 Å². The van der Waals surface area contributed by atoms with Crippen LogP contribution in [0.25, 0.3) is 0 Å². The second-order valence-electron chi connectivity index (χ2n) is 7.52. The maximum absolute atomic E-state index is 13.2. The molecule has 1 amide bonds. The number of nitrogens with zero attached hydrogens (tertiary/aromatic N) is 2. The molecule has 2 aromatic rings. The Bertz CT molecular complexity index is 739. The molecule has 0 atom stereocenters. The zero-order valence-corrected chi connectivity index (χ0v) is 16.2. The highest BCUT2D eigenvalue weighted by Gasteiger charge is 2.31. The number of para-hydroxylation sites is 1. The van der Waals surface area contributed by atoms with Crippen LogP contribution in [0.4, 0.5) is 5.69 Å². The second kappa shape index (κ2) is 9.32. The Balaban J connectivity index is 1.38. The molecule has 0 N–H and O–H groups in total. The SMILES string of the molecule is O=C(CN1CCC(C2OCCO2)CC1)N(Cc1ccccc1)c1ccccc1. The van der Waals surface area contributed by atoms with Crippen molar-refractivity contribution in [3.63, 3.8) is 0 Å². The van der Waals surface area contributed by atoms with Gasteiger partial charge in [0.15, 0.2) is 6.29 Å². The molecule has 2 saturated heterocycles.